The standard InChI is InChI=1S/C21H24F2N2O3/c1-21(2,3)28-20(26)25-9-8-15(12-25)27-19-11-14(24)5-6-16(19)13-4-7-17(22)18(23)10-13/h4-7,10-11,15H,8-9,12,24H2,1-3H3. The number of anilines is 1. The molecule has 0 aliphatic carbocycles. The van der Waals surface area contributed by atoms with Gasteiger partial charge in [0.1, 0.15) is 17.5 Å². The topological polar surface area (TPSA) is 64.8 Å². The van der Waals surface area contributed by atoms with Gasteiger partial charge in [0.25, 0.3) is 0 Å². The third-order valence-corrected chi connectivity index (χ3v) is 4.33. The summed E-state index contributed by atoms with van der Waals surface area (Å²) in [6, 6.07) is 8.70. The zero-order valence-electron chi connectivity index (χ0n) is 16.2. The second-order valence-corrected chi connectivity index (χ2v) is 7.84. The molecule has 5 nitrogen and oxygen atoms in total. The fourth-order valence-electron chi connectivity index (χ4n) is 3.03. The van der Waals surface area contributed by atoms with Crippen LogP contribution in [0.2, 0.25) is 0 Å². The summed E-state index contributed by atoms with van der Waals surface area (Å²) in [4.78, 5) is 13.8. The number of nitrogen functional groups attached to an aromatic ring is 1. The lowest BCUT2D eigenvalue weighted by Gasteiger charge is -2.24. The lowest BCUT2D eigenvalue weighted by molar-refractivity contribution is 0.0276. The van der Waals surface area contributed by atoms with Gasteiger partial charge in [-0.05, 0) is 50.6 Å². The van der Waals surface area contributed by atoms with Crippen molar-refractivity contribution in [3.63, 3.8) is 0 Å². The van der Waals surface area contributed by atoms with Gasteiger partial charge in [0.2, 0.25) is 0 Å². The smallest absolute Gasteiger partial charge is 0.410 e. The predicted octanol–water partition coefficient (Wildman–Crippen LogP) is 4.60. The molecule has 7 heteroatoms. The summed E-state index contributed by atoms with van der Waals surface area (Å²) >= 11 is 0. The van der Waals surface area contributed by atoms with E-state index in [2.05, 4.69) is 0 Å². The molecule has 1 unspecified atom stereocenters. The van der Waals surface area contributed by atoms with E-state index in [4.69, 9.17) is 15.2 Å². The molecule has 28 heavy (non-hydrogen) atoms. The van der Waals surface area contributed by atoms with Gasteiger partial charge in [0.05, 0.1) is 6.54 Å². The molecule has 1 aliphatic heterocycles. The number of hydrogen-bond acceptors (Lipinski definition) is 4. The van der Waals surface area contributed by atoms with Crippen molar-refractivity contribution < 1.29 is 23.0 Å². The minimum Gasteiger partial charge on any atom is -0.488 e. The molecule has 1 heterocycles. The first-order valence-electron chi connectivity index (χ1n) is 9.12. The Bertz CT molecular complexity index is 880. The van der Waals surface area contributed by atoms with Crippen molar-refractivity contribution in [1.82, 2.24) is 4.90 Å². The van der Waals surface area contributed by atoms with E-state index in [1.54, 1.807) is 23.1 Å². The molecule has 0 saturated carbocycles. The Morgan fingerprint density at radius 2 is 1.89 bits per heavy atom. The van der Waals surface area contributed by atoms with Crippen molar-refractivity contribution in [3.8, 4) is 16.9 Å². The molecule has 0 bridgehead atoms. The van der Waals surface area contributed by atoms with E-state index in [0.717, 1.165) is 12.1 Å². The Morgan fingerprint density at radius 3 is 2.57 bits per heavy atom. The number of amides is 1. The molecule has 0 radical (unpaired) electrons. The molecule has 1 amide bonds. The quantitative estimate of drug-likeness (QED) is 0.778. The minimum atomic E-state index is -0.933. The summed E-state index contributed by atoms with van der Waals surface area (Å²) in [5, 5.41) is 0. The molecule has 2 N–H and O–H groups in total. The second kappa shape index (κ2) is 7.66. The largest absolute Gasteiger partial charge is 0.488 e. The van der Waals surface area contributed by atoms with E-state index >= 15 is 0 Å². The molecule has 2 aromatic rings. The van der Waals surface area contributed by atoms with Crippen LogP contribution < -0.4 is 10.5 Å². The van der Waals surface area contributed by atoms with Crippen molar-refractivity contribution in [3.05, 3.63) is 48.0 Å². The summed E-state index contributed by atoms with van der Waals surface area (Å²) in [6.07, 6.45) is -0.00370. The first-order chi connectivity index (χ1) is 13.1. The number of nitrogens with two attached hydrogens (primary N) is 1. The number of hydrogen-bond donors (Lipinski definition) is 1. The molecular weight excluding hydrogens is 366 g/mol. The van der Waals surface area contributed by atoms with Gasteiger partial charge >= 0.3 is 6.09 Å². The van der Waals surface area contributed by atoms with Crippen molar-refractivity contribution in [2.24, 2.45) is 0 Å². The molecule has 0 aromatic heterocycles. The average Bonchev–Trinajstić information content (AvgIpc) is 3.05. The van der Waals surface area contributed by atoms with Crippen LogP contribution in [0.3, 0.4) is 0 Å². The first-order valence-corrected chi connectivity index (χ1v) is 9.12. The van der Waals surface area contributed by atoms with Crippen molar-refractivity contribution >= 4 is 11.8 Å². The Balaban J connectivity index is 1.77. The van der Waals surface area contributed by atoms with Gasteiger partial charge in [0, 0.05) is 30.3 Å². The van der Waals surface area contributed by atoms with Gasteiger partial charge in [-0.25, -0.2) is 13.6 Å². The van der Waals surface area contributed by atoms with E-state index in [-0.39, 0.29) is 12.2 Å². The molecule has 3 rings (SSSR count). The highest BCUT2D eigenvalue weighted by atomic mass is 19.2. The van der Waals surface area contributed by atoms with E-state index in [0.29, 0.717) is 42.1 Å². The van der Waals surface area contributed by atoms with Crippen LogP contribution in [0.1, 0.15) is 27.2 Å². The summed E-state index contributed by atoms with van der Waals surface area (Å²) < 4.78 is 38.4. The highest BCUT2D eigenvalue weighted by Crippen LogP contribution is 2.34. The van der Waals surface area contributed by atoms with Gasteiger partial charge in [-0.1, -0.05) is 6.07 Å². The fourth-order valence-corrected chi connectivity index (χ4v) is 3.03. The van der Waals surface area contributed by atoms with Crippen LogP contribution in [0, 0.1) is 11.6 Å². The zero-order chi connectivity index (χ0) is 20.5. The summed E-state index contributed by atoms with van der Waals surface area (Å²) in [6.45, 7) is 6.34. The monoisotopic (exact) mass is 390 g/mol. The molecule has 1 aliphatic rings. The van der Waals surface area contributed by atoms with Crippen molar-refractivity contribution in [1.29, 1.82) is 0 Å². The van der Waals surface area contributed by atoms with E-state index in [9.17, 15) is 13.6 Å². The van der Waals surface area contributed by atoms with E-state index in [1.807, 2.05) is 20.8 Å². The number of nitrogens with zero attached hydrogens (tertiary/aromatic N) is 1. The molecule has 1 fully saturated rings. The number of carbonyl (C=O) groups excluding carboxylic acids is 1. The van der Waals surface area contributed by atoms with Crippen molar-refractivity contribution in [2.45, 2.75) is 38.9 Å². The highest BCUT2D eigenvalue weighted by molar-refractivity contribution is 5.73. The molecule has 1 atom stereocenters. The normalized spacial score (nSPS) is 16.9. The van der Waals surface area contributed by atoms with Crippen LogP contribution in [-0.4, -0.2) is 35.8 Å². The maximum atomic E-state index is 13.7. The number of ether oxygens (including phenoxy) is 2. The summed E-state index contributed by atoms with van der Waals surface area (Å²) in [5.74, 6) is -1.38. The first kappa shape index (κ1) is 19.9. The molecule has 1 saturated heterocycles. The van der Waals surface area contributed by atoms with Crippen LogP contribution in [-0.2, 0) is 4.74 Å². The molecule has 150 valence electrons. The van der Waals surface area contributed by atoms with Crippen LogP contribution in [0.15, 0.2) is 36.4 Å². The summed E-state index contributed by atoms with van der Waals surface area (Å²) in [7, 11) is 0. The number of likely N-dealkylation sites (tertiary alicyclic amines) is 1. The Labute approximate surface area is 163 Å². The third-order valence-electron chi connectivity index (χ3n) is 4.33. The van der Waals surface area contributed by atoms with Crippen LogP contribution in [0.4, 0.5) is 19.3 Å². The predicted molar refractivity (Wildman–Crippen MR) is 103 cm³/mol. The van der Waals surface area contributed by atoms with Gasteiger partial charge in [-0.15, -0.1) is 0 Å². The maximum Gasteiger partial charge on any atom is 0.410 e. The number of benzene rings is 2. The molecular formula is C21H24F2N2O3. The number of carbonyl (C=O) groups is 1. The minimum absolute atomic E-state index is 0.252. The Morgan fingerprint density at radius 1 is 1.14 bits per heavy atom. The Kier molecular flexibility index (Phi) is 5.45. The van der Waals surface area contributed by atoms with E-state index in [1.165, 1.54) is 6.07 Å². The molecule has 0 spiro atoms. The fraction of sp³-hybridized carbons (Fsp3) is 0.381. The third kappa shape index (κ3) is 4.71. The van der Waals surface area contributed by atoms with Gasteiger partial charge in [-0.2, -0.15) is 0 Å². The van der Waals surface area contributed by atoms with Crippen LogP contribution in [0.5, 0.6) is 5.75 Å². The Hall–Kier alpha value is -2.83. The van der Waals surface area contributed by atoms with Crippen molar-refractivity contribution in [2.75, 3.05) is 18.8 Å². The van der Waals surface area contributed by atoms with Crippen LogP contribution >= 0.6 is 0 Å². The second-order valence-electron chi connectivity index (χ2n) is 7.84. The van der Waals surface area contributed by atoms with Gasteiger partial charge in [0.15, 0.2) is 11.6 Å². The van der Waals surface area contributed by atoms with Crippen LogP contribution in [0.25, 0.3) is 11.1 Å². The SMILES string of the molecule is CC(C)(C)OC(=O)N1CCC(Oc2cc(N)ccc2-c2ccc(F)c(F)c2)C1. The number of halogens is 2. The maximum absolute atomic E-state index is 13.7. The molecule has 2 aromatic carbocycles. The number of rotatable bonds is 3. The van der Waals surface area contributed by atoms with Gasteiger partial charge < -0.3 is 20.1 Å². The van der Waals surface area contributed by atoms with Gasteiger partial charge in [-0.3, -0.25) is 0 Å². The average molecular weight is 390 g/mol. The lowest BCUT2D eigenvalue weighted by atomic mass is 10.0. The van der Waals surface area contributed by atoms with E-state index < -0.39 is 17.2 Å². The summed E-state index contributed by atoms with van der Waals surface area (Å²) in [5.41, 5.74) is 6.89. The highest BCUT2D eigenvalue weighted by Gasteiger charge is 2.31. The zero-order valence-corrected chi connectivity index (χ0v) is 16.2. The lowest BCUT2D eigenvalue weighted by Crippen LogP contribution is -2.36.